The Kier molecular flexibility index (Phi) is 10.2. The van der Waals surface area contributed by atoms with Crippen LogP contribution in [0.3, 0.4) is 0 Å². The molecular formula is C5H13BS3. The predicted molar refractivity (Wildman–Crippen MR) is 56.1 cm³/mol. The molecule has 0 radical (unpaired) electrons. The Morgan fingerprint density at radius 2 is 2.11 bits per heavy atom. The van der Waals surface area contributed by atoms with Crippen molar-refractivity contribution in [3.05, 3.63) is 0 Å². The standard InChI is InChI=1S/C3H7BS2.C2H6S/c1-2-4-6-5-3-1;1-3-2/h4H,1-3H2;1-2H3. The van der Waals surface area contributed by atoms with Crippen LogP contribution in [-0.2, 0) is 0 Å². The second kappa shape index (κ2) is 9.11. The van der Waals surface area contributed by atoms with Gasteiger partial charge in [-0.05, 0) is 18.9 Å². The molecule has 0 unspecified atom stereocenters. The molecule has 1 saturated heterocycles. The van der Waals surface area contributed by atoms with Crippen LogP contribution in [0.1, 0.15) is 6.42 Å². The molecule has 1 aliphatic heterocycles. The van der Waals surface area contributed by atoms with Crippen LogP contribution in [0.4, 0.5) is 0 Å². The van der Waals surface area contributed by atoms with Gasteiger partial charge in [0.15, 0.2) is 0 Å². The summed E-state index contributed by atoms with van der Waals surface area (Å²) in [6.07, 6.45) is 6.97. The average molecular weight is 180 g/mol. The Morgan fingerprint density at radius 1 is 1.44 bits per heavy atom. The van der Waals surface area contributed by atoms with Crippen LogP contribution in [0, 0.1) is 0 Å². The lowest BCUT2D eigenvalue weighted by atomic mass is 10.0. The van der Waals surface area contributed by atoms with Gasteiger partial charge >= 0.3 is 0 Å². The lowest BCUT2D eigenvalue weighted by molar-refractivity contribution is 1.10. The zero-order valence-corrected chi connectivity index (χ0v) is 8.50. The summed E-state index contributed by atoms with van der Waals surface area (Å²) < 4.78 is 0. The highest BCUT2D eigenvalue weighted by Gasteiger charge is 1.98. The molecule has 0 aromatic heterocycles. The molecule has 0 aliphatic carbocycles. The predicted octanol–water partition coefficient (Wildman–Crippen LogP) is 2.52. The van der Waals surface area contributed by atoms with E-state index in [2.05, 4.69) is 0 Å². The Hall–Kier alpha value is 1.11. The monoisotopic (exact) mass is 180 g/mol. The summed E-state index contributed by atoms with van der Waals surface area (Å²) in [5.74, 6) is 1.38. The van der Waals surface area contributed by atoms with Gasteiger partial charge in [0.2, 0.25) is 6.56 Å². The third-order valence-corrected chi connectivity index (χ3v) is 3.37. The molecule has 0 aromatic carbocycles. The van der Waals surface area contributed by atoms with Crippen molar-refractivity contribution >= 4 is 39.8 Å². The van der Waals surface area contributed by atoms with Crippen LogP contribution in [0.15, 0.2) is 0 Å². The third kappa shape index (κ3) is 9.11. The lowest BCUT2D eigenvalue weighted by Gasteiger charge is -2.03. The van der Waals surface area contributed by atoms with Crippen molar-refractivity contribution in [1.82, 2.24) is 0 Å². The molecule has 1 fully saturated rings. The first-order valence-electron chi connectivity index (χ1n) is 3.06. The average Bonchev–Trinajstić information content (AvgIpc) is 1.93. The fraction of sp³-hybridized carbons (Fsp3) is 1.00. The second-order valence-corrected chi connectivity index (χ2v) is 5.28. The van der Waals surface area contributed by atoms with Crippen molar-refractivity contribution in [2.45, 2.75) is 12.7 Å². The Balaban J connectivity index is 0.000000187. The highest BCUT2D eigenvalue weighted by molar-refractivity contribution is 8.85. The topological polar surface area (TPSA) is 0 Å². The minimum absolute atomic E-state index is 1.38. The lowest BCUT2D eigenvalue weighted by Crippen LogP contribution is -1.89. The fourth-order valence-corrected chi connectivity index (χ4v) is 2.73. The van der Waals surface area contributed by atoms with Gasteiger partial charge in [-0.2, -0.15) is 22.4 Å². The number of thioether (sulfide) groups is 1. The van der Waals surface area contributed by atoms with Gasteiger partial charge < -0.3 is 0 Å². The summed E-state index contributed by atoms with van der Waals surface area (Å²) in [5.41, 5.74) is 0. The van der Waals surface area contributed by atoms with Gasteiger partial charge in [-0.25, -0.2) is 0 Å². The molecule has 1 aliphatic rings. The largest absolute Gasteiger partial charge is 0.206 e. The molecule has 0 saturated carbocycles. The third-order valence-electron chi connectivity index (χ3n) is 0.789. The van der Waals surface area contributed by atoms with E-state index in [1.54, 1.807) is 11.8 Å². The van der Waals surface area contributed by atoms with E-state index in [0.29, 0.717) is 0 Å². The molecule has 0 bridgehead atoms. The molecule has 4 heteroatoms. The van der Waals surface area contributed by atoms with Crippen molar-refractivity contribution in [2.24, 2.45) is 0 Å². The smallest absolute Gasteiger partial charge is 0.169 e. The molecule has 0 spiro atoms. The maximum atomic E-state index is 2.04. The van der Waals surface area contributed by atoms with Gasteiger partial charge in [0.25, 0.3) is 0 Å². The summed E-state index contributed by atoms with van der Waals surface area (Å²) in [6, 6.07) is 0. The Morgan fingerprint density at radius 3 is 2.22 bits per heavy atom. The van der Waals surface area contributed by atoms with Crippen molar-refractivity contribution in [3.8, 4) is 0 Å². The van der Waals surface area contributed by atoms with E-state index < -0.39 is 0 Å². The first-order chi connectivity index (χ1) is 4.41. The number of hydrogen-bond acceptors (Lipinski definition) is 3. The van der Waals surface area contributed by atoms with Crippen molar-refractivity contribution in [3.63, 3.8) is 0 Å². The summed E-state index contributed by atoms with van der Waals surface area (Å²) in [7, 11) is 4.02. The summed E-state index contributed by atoms with van der Waals surface area (Å²) >= 11 is 1.75. The van der Waals surface area contributed by atoms with Crippen LogP contribution in [0.25, 0.3) is 0 Å². The van der Waals surface area contributed by atoms with Crippen molar-refractivity contribution < 1.29 is 0 Å². The highest BCUT2D eigenvalue weighted by atomic mass is 33.1. The highest BCUT2D eigenvalue weighted by Crippen LogP contribution is 2.27. The van der Waals surface area contributed by atoms with Gasteiger partial charge in [-0.15, -0.1) is 10.8 Å². The van der Waals surface area contributed by atoms with E-state index in [1.807, 2.05) is 34.0 Å². The van der Waals surface area contributed by atoms with Crippen LogP contribution in [0.5, 0.6) is 0 Å². The Bertz CT molecular complexity index is 36.0. The second-order valence-electron chi connectivity index (χ2n) is 1.76. The van der Waals surface area contributed by atoms with Gasteiger partial charge in [-0.3, -0.25) is 0 Å². The van der Waals surface area contributed by atoms with E-state index in [1.165, 1.54) is 25.1 Å². The van der Waals surface area contributed by atoms with Gasteiger partial charge in [0.1, 0.15) is 0 Å². The minimum Gasteiger partial charge on any atom is -0.169 e. The maximum absolute atomic E-state index is 2.04. The van der Waals surface area contributed by atoms with Crippen LogP contribution < -0.4 is 0 Å². The molecule has 54 valence electrons. The summed E-state index contributed by atoms with van der Waals surface area (Å²) in [6.45, 7) is 1.38. The van der Waals surface area contributed by atoms with Crippen LogP contribution in [0.2, 0.25) is 6.32 Å². The van der Waals surface area contributed by atoms with Gasteiger partial charge in [-0.1, -0.05) is 6.32 Å². The molecule has 0 aromatic rings. The van der Waals surface area contributed by atoms with E-state index in [4.69, 9.17) is 0 Å². The Labute approximate surface area is 70.9 Å². The minimum atomic E-state index is 1.38. The first-order valence-corrected chi connectivity index (χ1v) is 7.18. The number of rotatable bonds is 0. The molecule has 0 nitrogen and oxygen atoms in total. The van der Waals surface area contributed by atoms with Crippen LogP contribution in [-0.4, -0.2) is 24.8 Å². The maximum Gasteiger partial charge on any atom is 0.206 e. The van der Waals surface area contributed by atoms with E-state index in [-0.39, 0.29) is 0 Å². The van der Waals surface area contributed by atoms with E-state index >= 15 is 0 Å². The summed E-state index contributed by atoms with van der Waals surface area (Å²) in [5, 5.41) is 0. The van der Waals surface area contributed by atoms with Gasteiger partial charge in [0, 0.05) is 5.75 Å². The summed E-state index contributed by atoms with van der Waals surface area (Å²) in [4.78, 5) is 0. The quantitative estimate of drug-likeness (QED) is 0.415. The fourth-order valence-electron chi connectivity index (χ4n) is 0.440. The molecule has 9 heavy (non-hydrogen) atoms. The normalized spacial score (nSPS) is 17.1. The van der Waals surface area contributed by atoms with Crippen LogP contribution >= 0.6 is 33.2 Å². The molecule has 1 heterocycles. The van der Waals surface area contributed by atoms with Gasteiger partial charge in [0.05, 0.1) is 0 Å². The van der Waals surface area contributed by atoms with Crippen molar-refractivity contribution in [2.75, 3.05) is 18.3 Å². The van der Waals surface area contributed by atoms with E-state index in [0.717, 1.165) is 0 Å². The molecule has 0 atom stereocenters. The number of hydrogen-bond donors (Lipinski definition) is 0. The first kappa shape index (κ1) is 10.1. The van der Waals surface area contributed by atoms with Crippen molar-refractivity contribution in [1.29, 1.82) is 0 Å². The SMILES string of the molecule is B1CCCSS1.CSC. The zero-order chi connectivity index (χ0) is 6.95. The van der Waals surface area contributed by atoms with E-state index in [9.17, 15) is 0 Å². The molecule has 0 N–H and O–H groups in total. The molecule has 1 rings (SSSR count). The zero-order valence-electron chi connectivity index (χ0n) is 6.05. The molecular weight excluding hydrogens is 167 g/mol. The molecule has 0 amide bonds.